The monoisotopic (exact) mass is 506 g/mol. The number of esters is 1. The fraction of sp³-hybridized carbons (Fsp3) is 0.840. The highest BCUT2D eigenvalue weighted by Gasteiger charge is 2.47. The number of hydrogen-bond donors (Lipinski definition) is 1. The largest absolute Gasteiger partial charge is 0.464 e. The number of amides is 2. The summed E-state index contributed by atoms with van der Waals surface area (Å²) in [6.07, 6.45) is 4.15. The number of rotatable bonds is 15. The van der Waals surface area contributed by atoms with E-state index in [2.05, 4.69) is 15.3 Å². The number of piperazine rings is 1. The lowest BCUT2D eigenvalue weighted by Crippen LogP contribution is -2.58. The Bertz CT molecular complexity index is 850. The lowest BCUT2D eigenvalue weighted by Gasteiger charge is -2.41. The van der Waals surface area contributed by atoms with E-state index in [-0.39, 0.29) is 55.7 Å². The van der Waals surface area contributed by atoms with Gasteiger partial charge in [0.15, 0.2) is 5.78 Å². The molecular formula is C25H42N6O5. The second-order valence-electron chi connectivity index (χ2n) is 10.8. The van der Waals surface area contributed by atoms with Crippen LogP contribution in [0.3, 0.4) is 0 Å². The van der Waals surface area contributed by atoms with Crippen LogP contribution in [-0.4, -0.2) is 85.3 Å². The zero-order valence-electron chi connectivity index (χ0n) is 22.3. The molecule has 0 aromatic heterocycles. The zero-order valence-corrected chi connectivity index (χ0v) is 22.3. The summed E-state index contributed by atoms with van der Waals surface area (Å²) in [4.78, 5) is 56.5. The highest BCUT2D eigenvalue weighted by atomic mass is 16.5. The summed E-state index contributed by atoms with van der Waals surface area (Å²) >= 11 is 0. The molecule has 1 saturated heterocycles. The van der Waals surface area contributed by atoms with Crippen LogP contribution in [0.5, 0.6) is 0 Å². The van der Waals surface area contributed by atoms with Crippen LogP contribution in [0, 0.1) is 10.8 Å². The molecule has 1 heterocycles. The molecule has 1 aliphatic carbocycles. The molecule has 0 spiro atoms. The van der Waals surface area contributed by atoms with Crippen molar-refractivity contribution in [1.82, 2.24) is 15.1 Å². The Morgan fingerprint density at radius 2 is 1.89 bits per heavy atom. The third kappa shape index (κ3) is 9.09. The van der Waals surface area contributed by atoms with Crippen molar-refractivity contribution in [3.8, 4) is 0 Å². The Balaban J connectivity index is 1.86. The quantitative estimate of drug-likeness (QED) is 0.119. The Hall–Kier alpha value is -2.65. The Morgan fingerprint density at radius 1 is 1.17 bits per heavy atom. The van der Waals surface area contributed by atoms with Crippen molar-refractivity contribution in [1.29, 1.82) is 0 Å². The summed E-state index contributed by atoms with van der Waals surface area (Å²) in [5, 5.41) is 6.20. The van der Waals surface area contributed by atoms with E-state index in [1.807, 2.05) is 32.6 Å². The molecule has 0 aromatic carbocycles. The van der Waals surface area contributed by atoms with E-state index in [0.717, 1.165) is 19.3 Å². The Labute approximate surface area is 213 Å². The van der Waals surface area contributed by atoms with Gasteiger partial charge in [0.2, 0.25) is 11.8 Å². The lowest BCUT2D eigenvalue weighted by molar-refractivity contribution is -0.153. The number of nitrogens with zero attached hydrogens (tertiary/aromatic N) is 5. The first kappa shape index (κ1) is 29.6. The van der Waals surface area contributed by atoms with E-state index >= 15 is 0 Å². The number of nitrogens with one attached hydrogen (secondary N) is 1. The maximum Gasteiger partial charge on any atom is 0.311 e. The predicted octanol–water partition coefficient (Wildman–Crippen LogP) is 2.83. The summed E-state index contributed by atoms with van der Waals surface area (Å²) in [6, 6.07) is -0.253. The smallest absolute Gasteiger partial charge is 0.311 e. The average Bonchev–Trinajstić information content (AvgIpc) is 3.61. The number of ketones is 1. The normalized spacial score (nSPS) is 19.2. The van der Waals surface area contributed by atoms with Crippen molar-refractivity contribution in [3.05, 3.63) is 10.4 Å². The minimum absolute atomic E-state index is 0.0796. The zero-order chi connectivity index (χ0) is 26.8. The van der Waals surface area contributed by atoms with Crippen molar-refractivity contribution < 1.29 is 23.9 Å². The van der Waals surface area contributed by atoms with E-state index in [1.54, 1.807) is 4.90 Å². The fourth-order valence-corrected chi connectivity index (χ4v) is 3.89. The second kappa shape index (κ2) is 13.6. The highest BCUT2D eigenvalue weighted by Crippen LogP contribution is 2.46. The van der Waals surface area contributed by atoms with Gasteiger partial charge in [-0.2, -0.15) is 0 Å². The standard InChI is InChI=1S/C25H42N6O5/c1-5-24(2,3)20(32)17-30-14-15-31(16-19(30)18-36-23(35)25(4)10-11-25)22(34)9-13-27-21(33)8-6-7-12-28-29-26/h19H,5-18H2,1-4H3,(H,27,33). The van der Waals surface area contributed by atoms with Crippen molar-refractivity contribution >= 4 is 23.6 Å². The van der Waals surface area contributed by atoms with Gasteiger partial charge in [-0.1, -0.05) is 25.9 Å². The molecular weight excluding hydrogens is 464 g/mol. The molecule has 1 N–H and O–H groups in total. The average molecular weight is 507 g/mol. The van der Waals surface area contributed by atoms with Gasteiger partial charge in [-0.15, -0.1) is 0 Å². The van der Waals surface area contributed by atoms with Gasteiger partial charge in [-0.05, 0) is 44.6 Å². The molecule has 0 aromatic rings. The molecule has 0 radical (unpaired) electrons. The number of carbonyl (C=O) groups is 4. The first-order valence-electron chi connectivity index (χ1n) is 13.0. The molecule has 2 rings (SSSR count). The van der Waals surface area contributed by atoms with Gasteiger partial charge in [0, 0.05) is 55.9 Å². The van der Waals surface area contributed by atoms with Gasteiger partial charge in [0.05, 0.1) is 18.0 Å². The first-order chi connectivity index (χ1) is 17.0. The maximum atomic E-state index is 12.9. The van der Waals surface area contributed by atoms with Gasteiger partial charge >= 0.3 is 5.97 Å². The van der Waals surface area contributed by atoms with Crippen molar-refractivity contribution in [2.45, 2.75) is 78.7 Å². The number of unbranched alkanes of at least 4 members (excludes halogenated alkanes) is 1. The molecule has 202 valence electrons. The molecule has 1 atom stereocenters. The minimum atomic E-state index is -0.434. The summed E-state index contributed by atoms with van der Waals surface area (Å²) < 4.78 is 5.62. The number of azide groups is 1. The van der Waals surface area contributed by atoms with Gasteiger partial charge in [-0.3, -0.25) is 24.1 Å². The van der Waals surface area contributed by atoms with Crippen LogP contribution in [0.4, 0.5) is 0 Å². The molecule has 2 aliphatic rings. The number of ether oxygens (including phenoxy) is 1. The van der Waals surface area contributed by atoms with E-state index in [4.69, 9.17) is 10.3 Å². The molecule has 2 amide bonds. The van der Waals surface area contributed by atoms with Gasteiger partial charge in [-0.25, -0.2) is 0 Å². The van der Waals surface area contributed by atoms with Crippen molar-refractivity contribution in [2.75, 3.05) is 45.9 Å². The molecule has 1 saturated carbocycles. The van der Waals surface area contributed by atoms with Gasteiger partial charge < -0.3 is 15.0 Å². The van der Waals surface area contributed by atoms with Gasteiger partial charge in [0.25, 0.3) is 0 Å². The highest BCUT2D eigenvalue weighted by molar-refractivity contribution is 5.86. The topological polar surface area (TPSA) is 145 Å². The molecule has 11 heteroatoms. The van der Waals surface area contributed by atoms with Crippen LogP contribution in [0.1, 0.15) is 72.6 Å². The number of carbonyl (C=O) groups excluding carboxylic acids is 4. The maximum absolute atomic E-state index is 12.9. The molecule has 1 unspecified atom stereocenters. The van der Waals surface area contributed by atoms with Crippen LogP contribution < -0.4 is 5.32 Å². The summed E-state index contributed by atoms with van der Waals surface area (Å²) in [6.45, 7) is 10.2. The third-order valence-corrected chi connectivity index (χ3v) is 7.48. The summed E-state index contributed by atoms with van der Waals surface area (Å²) in [5.41, 5.74) is 7.43. The molecule has 11 nitrogen and oxygen atoms in total. The Kier molecular flexibility index (Phi) is 11.2. The second-order valence-corrected chi connectivity index (χ2v) is 10.8. The molecule has 36 heavy (non-hydrogen) atoms. The third-order valence-electron chi connectivity index (χ3n) is 7.48. The predicted molar refractivity (Wildman–Crippen MR) is 135 cm³/mol. The summed E-state index contributed by atoms with van der Waals surface area (Å²) in [5.74, 6) is -0.293. The minimum Gasteiger partial charge on any atom is -0.464 e. The van der Waals surface area contributed by atoms with Gasteiger partial charge in [0.1, 0.15) is 6.61 Å². The number of Topliss-reactive ketones (excluding diaryl/α,β-unsaturated/α-hetero) is 1. The van der Waals surface area contributed by atoms with Crippen LogP contribution >= 0.6 is 0 Å². The molecule has 1 aliphatic heterocycles. The fourth-order valence-electron chi connectivity index (χ4n) is 3.89. The van der Waals surface area contributed by atoms with Crippen molar-refractivity contribution in [2.24, 2.45) is 15.9 Å². The number of hydrogen-bond acceptors (Lipinski definition) is 7. The first-order valence-corrected chi connectivity index (χ1v) is 13.0. The van der Waals surface area contributed by atoms with Crippen LogP contribution in [0.25, 0.3) is 10.4 Å². The SMILES string of the molecule is CCC(C)(C)C(=O)CN1CCN(C(=O)CCNC(=O)CCCCN=[N+]=[N-])CC1COC(=O)C1(C)CC1. The van der Waals surface area contributed by atoms with E-state index < -0.39 is 10.8 Å². The van der Waals surface area contributed by atoms with Crippen LogP contribution in [0.15, 0.2) is 5.11 Å². The van der Waals surface area contributed by atoms with E-state index in [9.17, 15) is 19.2 Å². The molecule has 2 fully saturated rings. The van der Waals surface area contributed by atoms with Crippen molar-refractivity contribution in [3.63, 3.8) is 0 Å². The lowest BCUT2D eigenvalue weighted by atomic mass is 9.85. The van der Waals surface area contributed by atoms with E-state index in [1.165, 1.54) is 0 Å². The van der Waals surface area contributed by atoms with Crippen LogP contribution in [-0.2, 0) is 23.9 Å². The molecule has 0 bridgehead atoms. The summed E-state index contributed by atoms with van der Waals surface area (Å²) in [7, 11) is 0. The Morgan fingerprint density at radius 3 is 2.53 bits per heavy atom. The van der Waals surface area contributed by atoms with E-state index in [0.29, 0.717) is 45.4 Å². The van der Waals surface area contributed by atoms with Crippen LogP contribution in [0.2, 0.25) is 0 Å².